The van der Waals surface area contributed by atoms with E-state index >= 15 is 0 Å². The number of allylic oxidation sites excluding steroid dienone is 3. The summed E-state index contributed by atoms with van der Waals surface area (Å²) >= 11 is 0. The second-order valence-corrected chi connectivity index (χ2v) is 8.51. The Hall–Kier alpha value is -1.39. The van der Waals surface area contributed by atoms with E-state index in [0.29, 0.717) is 6.42 Å². The molecule has 3 atom stereocenters. The van der Waals surface area contributed by atoms with Gasteiger partial charge in [-0.3, -0.25) is 4.79 Å². The average molecular weight is 363 g/mol. The van der Waals surface area contributed by atoms with Crippen LogP contribution in [0.3, 0.4) is 0 Å². The van der Waals surface area contributed by atoms with Gasteiger partial charge in [-0.2, -0.15) is 0 Å². The van der Waals surface area contributed by atoms with Crippen molar-refractivity contribution in [2.24, 2.45) is 0 Å². The van der Waals surface area contributed by atoms with Crippen molar-refractivity contribution < 1.29 is 19.4 Å². The fraction of sp³-hybridized carbons (Fsp3) is 0.682. The van der Waals surface area contributed by atoms with E-state index in [1.165, 1.54) is 18.1 Å². The monoisotopic (exact) mass is 362 g/mol. The van der Waals surface area contributed by atoms with Gasteiger partial charge in [-0.25, -0.2) is 0 Å². The number of rotatable bonds is 2. The molecule has 0 fully saturated rings. The van der Waals surface area contributed by atoms with Gasteiger partial charge in [0.15, 0.2) is 0 Å². The maximum atomic E-state index is 11.7. The molecular formula is C22H34O4. The van der Waals surface area contributed by atoms with E-state index in [1.54, 1.807) is 13.8 Å². The lowest BCUT2D eigenvalue weighted by Gasteiger charge is -2.44. The number of aliphatic hydroxyl groups is 1. The van der Waals surface area contributed by atoms with Crippen molar-refractivity contribution in [1.29, 1.82) is 0 Å². The molecule has 0 amide bonds. The molecule has 0 aromatic carbocycles. The summed E-state index contributed by atoms with van der Waals surface area (Å²) in [5.41, 5.74) is 1.87. The highest BCUT2D eigenvalue weighted by Gasteiger charge is 2.44. The van der Waals surface area contributed by atoms with Gasteiger partial charge in [0.05, 0.1) is 5.60 Å². The zero-order valence-corrected chi connectivity index (χ0v) is 17.1. The standard InChI is InChI=1S/C22H34O4/c1-15-8-7-9-16(2)14-19-18(21(4,5)24)12-13-22(6,26-19)20(11-10-15)25-17(3)23/h8,12,14,19-20,24H,7,9-11,13H2,1-6H3/b15-8+,16-14+/t19-,20+,22-/m1/s1. The maximum Gasteiger partial charge on any atom is 0.303 e. The average Bonchev–Trinajstić information content (AvgIpc) is 2.49. The molecule has 0 aromatic heterocycles. The molecule has 2 rings (SSSR count). The highest BCUT2D eigenvalue weighted by Crippen LogP contribution is 2.39. The molecule has 4 heteroatoms. The quantitative estimate of drug-likeness (QED) is 0.575. The van der Waals surface area contributed by atoms with E-state index in [-0.39, 0.29) is 18.2 Å². The molecule has 0 saturated carbocycles. The summed E-state index contributed by atoms with van der Waals surface area (Å²) in [4.78, 5) is 11.7. The molecule has 2 aliphatic heterocycles. The first-order valence-electron chi connectivity index (χ1n) is 9.62. The van der Waals surface area contributed by atoms with Crippen LogP contribution in [0.2, 0.25) is 0 Å². The summed E-state index contributed by atoms with van der Waals surface area (Å²) in [6.07, 6.45) is 10.0. The first-order chi connectivity index (χ1) is 12.0. The molecule has 0 saturated heterocycles. The predicted molar refractivity (Wildman–Crippen MR) is 104 cm³/mol. The molecule has 1 N–H and O–H groups in total. The van der Waals surface area contributed by atoms with Crippen LogP contribution in [0.4, 0.5) is 0 Å². The third-order valence-electron chi connectivity index (χ3n) is 5.39. The molecule has 4 nitrogen and oxygen atoms in total. The van der Waals surface area contributed by atoms with Crippen LogP contribution in [-0.4, -0.2) is 34.5 Å². The lowest BCUT2D eigenvalue weighted by Crippen LogP contribution is -2.50. The van der Waals surface area contributed by atoms with Crippen molar-refractivity contribution in [3.8, 4) is 0 Å². The van der Waals surface area contributed by atoms with Crippen LogP contribution in [0.25, 0.3) is 0 Å². The summed E-state index contributed by atoms with van der Waals surface area (Å²) in [6, 6.07) is 0. The SMILES string of the molecule is CC(=O)O[C@H]1CC/C(C)=C/CC/C(C)=C/[C@H]2O[C@]1(C)CC=C2C(C)(C)O. The Morgan fingerprint density at radius 1 is 1.27 bits per heavy atom. The molecule has 2 aliphatic rings. The minimum atomic E-state index is -0.951. The zero-order chi connectivity index (χ0) is 19.5. The van der Waals surface area contributed by atoms with Crippen molar-refractivity contribution in [1.82, 2.24) is 0 Å². The van der Waals surface area contributed by atoms with Crippen molar-refractivity contribution in [3.05, 3.63) is 34.9 Å². The third kappa shape index (κ3) is 5.31. The fourth-order valence-corrected chi connectivity index (χ4v) is 3.80. The number of hydrogen-bond acceptors (Lipinski definition) is 4. The summed E-state index contributed by atoms with van der Waals surface area (Å²) < 4.78 is 12.2. The van der Waals surface area contributed by atoms with E-state index in [0.717, 1.165) is 31.3 Å². The Bertz CT molecular complexity index is 621. The number of carbonyl (C=O) groups is 1. The smallest absolute Gasteiger partial charge is 0.303 e. The third-order valence-corrected chi connectivity index (χ3v) is 5.39. The molecule has 2 heterocycles. The highest BCUT2D eigenvalue weighted by molar-refractivity contribution is 5.66. The van der Waals surface area contributed by atoms with E-state index in [9.17, 15) is 9.90 Å². The zero-order valence-electron chi connectivity index (χ0n) is 17.1. The van der Waals surface area contributed by atoms with E-state index in [2.05, 4.69) is 32.1 Å². The first-order valence-corrected chi connectivity index (χ1v) is 9.62. The topological polar surface area (TPSA) is 55.8 Å². The van der Waals surface area contributed by atoms with Crippen LogP contribution in [0.5, 0.6) is 0 Å². The van der Waals surface area contributed by atoms with Crippen molar-refractivity contribution in [3.63, 3.8) is 0 Å². The molecule has 0 unspecified atom stereocenters. The van der Waals surface area contributed by atoms with Gasteiger partial charge in [0.25, 0.3) is 0 Å². The van der Waals surface area contributed by atoms with Crippen molar-refractivity contribution in [2.45, 2.75) is 97.1 Å². The maximum absolute atomic E-state index is 11.7. The Kier molecular flexibility index (Phi) is 6.51. The highest BCUT2D eigenvalue weighted by atomic mass is 16.6. The van der Waals surface area contributed by atoms with Gasteiger partial charge in [0.2, 0.25) is 0 Å². The number of ether oxygens (including phenoxy) is 2. The molecule has 0 aromatic rings. The minimum Gasteiger partial charge on any atom is -0.459 e. The lowest BCUT2D eigenvalue weighted by molar-refractivity contribution is -0.177. The van der Waals surface area contributed by atoms with Crippen LogP contribution in [0, 0.1) is 0 Å². The Balaban J connectivity index is 2.45. The van der Waals surface area contributed by atoms with E-state index in [1.807, 2.05) is 6.92 Å². The van der Waals surface area contributed by atoms with Gasteiger partial charge in [0.1, 0.15) is 17.8 Å². The molecule has 146 valence electrons. The summed E-state index contributed by atoms with van der Waals surface area (Å²) in [5.74, 6) is -0.283. The second-order valence-electron chi connectivity index (χ2n) is 8.51. The number of carbonyl (C=O) groups excluding carboxylic acids is 1. The lowest BCUT2D eigenvalue weighted by atomic mass is 9.81. The molecule has 26 heavy (non-hydrogen) atoms. The van der Waals surface area contributed by atoms with Crippen LogP contribution in [-0.2, 0) is 14.3 Å². The van der Waals surface area contributed by atoms with Gasteiger partial charge in [-0.15, -0.1) is 0 Å². The van der Waals surface area contributed by atoms with E-state index < -0.39 is 11.2 Å². The van der Waals surface area contributed by atoms with Crippen LogP contribution < -0.4 is 0 Å². The van der Waals surface area contributed by atoms with Crippen molar-refractivity contribution in [2.75, 3.05) is 0 Å². The van der Waals surface area contributed by atoms with Gasteiger partial charge >= 0.3 is 5.97 Å². The van der Waals surface area contributed by atoms with E-state index in [4.69, 9.17) is 9.47 Å². The minimum absolute atomic E-state index is 0.283. The van der Waals surface area contributed by atoms with Gasteiger partial charge < -0.3 is 14.6 Å². The predicted octanol–water partition coefficient (Wildman–Crippen LogP) is 4.63. The number of fused-ring (bicyclic) bond motifs is 2. The number of esters is 1. The van der Waals surface area contributed by atoms with Crippen molar-refractivity contribution >= 4 is 5.97 Å². The van der Waals surface area contributed by atoms with Gasteiger partial charge in [0, 0.05) is 6.92 Å². The first kappa shape index (κ1) is 20.9. The Morgan fingerprint density at radius 2 is 1.96 bits per heavy atom. The van der Waals surface area contributed by atoms with Gasteiger partial charge in [-0.1, -0.05) is 29.4 Å². The Morgan fingerprint density at radius 3 is 2.58 bits per heavy atom. The second kappa shape index (κ2) is 8.10. The summed E-state index contributed by atoms with van der Waals surface area (Å²) in [5, 5.41) is 10.6. The normalized spacial score (nSPS) is 35.0. The van der Waals surface area contributed by atoms with Crippen LogP contribution in [0.1, 0.15) is 73.6 Å². The molecule has 0 spiro atoms. The molecule has 2 bridgehead atoms. The van der Waals surface area contributed by atoms with Gasteiger partial charge in [-0.05, 0) is 72.3 Å². The number of hydrogen-bond donors (Lipinski definition) is 1. The Labute approximate surface area is 158 Å². The molecule has 0 radical (unpaired) electrons. The summed E-state index contributed by atoms with van der Waals surface area (Å²) in [7, 11) is 0. The van der Waals surface area contributed by atoms with Crippen LogP contribution >= 0.6 is 0 Å². The largest absolute Gasteiger partial charge is 0.459 e. The summed E-state index contributed by atoms with van der Waals surface area (Å²) in [6.45, 7) is 11.3. The molecule has 0 aliphatic carbocycles. The fourth-order valence-electron chi connectivity index (χ4n) is 3.80. The van der Waals surface area contributed by atoms with Crippen LogP contribution in [0.15, 0.2) is 34.9 Å². The molecular weight excluding hydrogens is 328 g/mol.